The number of allylic oxidation sites excluding steroid dienone is 1. The zero-order valence-electron chi connectivity index (χ0n) is 24.5. The number of fused-ring (bicyclic) bond motifs is 1. The van der Waals surface area contributed by atoms with Gasteiger partial charge in [0.1, 0.15) is 0 Å². The molecule has 0 bridgehead atoms. The van der Waals surface area contributed by atoms with Gasteiger partial charge in [0, 0.05) is 9.13 Å². The lowest BCUT2D eigenvalue weighted by atomic mass is 9.95. The number of halogens is 1. The lowest BCUT2D eigenvalue weighted by Crippen LogP contribution is -2.40. The average Bonchev–Trinajstić information content (AvgIpc) is 3.29. The summed E-state index contributed by atoms with van der Waals surface area (Å²) in [7, 11) is 4.35. The summed E-state index contributed by atoms with van der Waals surface area (Å²) < 4.78 is 35.3. The molecular weight excluding hydrogens is 691 g/mol. The van der Waals surface area contributed by atoms with Gasteiger partial charge in [0.05, 0.1) is 56.4 Å². The lowest BCUT2D eigenvalue weighted by Gasteiger charge is -2.25. The highest BCUT2D eigenvalue weighted by atomic mass is 127. The number of carbonyl (C=O) groups excluding carboxylic acids is 2. The Balaban J connectivity index is 1.94. The Hall–Kier alpha value is -3.85. The molecule has 0 radical (unpaired) electrons. The highest BCUT2D eigenvalue weighted by molar-refractivity contribution is 14.1. The molecule has 0 fully saturated rings. The summed E-state index contributed by atoms with van der Waals surface area (Å²) in [6, 6.07) is 7.86. The maximum Gasteiger partial charge on any atom is 0.343 e. The van der Waals surface area contributed by atoms with Crippen molar-refractivity contribution in [2.45, 2.75) is 26.8 Å². The fourth-order valence-electron chi connectivity index (χ4n) is 4.59. The van der Waals surface area contributed by atoms with Gasteiger partial charge in [-0.25, -0.2) is 14.6 Å². The Morgan fingerprint density at radius 1 is 1.02 bits per heavy atom. The number of carbonyl (C=O) groups is 2. The Morgan fingerprint density at radius 3 is 2.44 bits per heavy atom. The van der Waals surface area contributed by atoms with E-state index in [4.69, 9.17) is 23.7 Å². The van der Waals surface area contributed by atoms with Crippen molar-refractivity contribution in [1.82, 2.24) is 4.57 Å². The summed E-state index contributed by atoms with van der Waals surface area (Å²) in [6.07, 6.45) is 1.73. The van der Waals surface area contributed by atoms with Crippen LogP contribution >= 0.6 is 33.9 Å². The van der Waals surface area contributed by atoms with Crippen molar-refractivity contribution in [3.63, 3.8) is 0 Å². The summed E-state index contributed by atoms with van der Waals surface area (Å²) in [6.45, 7) is 5.36. The van der Waals surface area contributed by atoms with Crippen LogP contribution in [0.15, 0.2) is 51.4 Å². The molecule has 13 heteroatoms. The van der Waals surface area contributed by atoms with Crippen LogP contribution in [0.2, 0.25) is 0 Å². The molecule has 1 aromatic heterocycles. The van der Waals surface area contributed by atoms with Gasteiger partial charge in [0.15, 0.2) is 34.4 Å². The third-order valence-electron chi connectivity index (χ3n) is 6.43. The van der Waals surface area contributed by atoms with Crippen molar-refractivity contribution in [1.29, 1.82) is 0 Å². The van der Waals surface area contributed by atoms with Crippen LogP contribution in [-0.2, 0) is 19.1 Å². The highest BCUT2D eigenvalue weighted by Gasteiger charge is 2.34. The molecule has 11 nitrogen and oxygen atoms in total. The summed E-state index contributed by atoms with van der Waals surface area (Å²) in [5.74, 6) is 0.517. The first-order chi connectivity index (χ1) is 20.7. The van der Waals surface area contributed by atoms with Crippen molar-refractivity contribution in [3.8, 4) is 23.0 Å². The third-order valence-corrected chi connectivity index (χ3v) is 8.04. The number of hydrogen-bond acceptors (Lipinski definition) is 11. The number of benzene rings is 2. The molecule has 228 valence electrons. The summed E-state index contributed by atoms with van der Waals surface area (Å²) in [4.78, 5) is 44.1. The second kappa shape index (κ2) is 14.1. The van der Waals surface area contributed by atoms with E-state index in [-0.39, 0.29) is 24.3 Å². The second-order valence-electron chi connectivity index (χ2n) is 9.04. The van der Waals surface area contributed by atoms with Gasteiger partial charge in [-0.15, -0.1) is 0 Å². The van der Waals surface area contributed by atoms with E-state index in [1.807, 2.05) is 19.1 Å². The lowest BCUT2D eigenvalue weighted by molar-refractivity contribution is -0.143. The average molecular weight is 723 g/mol. The number of ether oxygens (including phenoxy) is 6. The van der Waals surface area contributed by atoms with Crippen molar-refractivity contribution < 1.29 is 38.0 Å². The minimum atomic E-state index is -0.876. The first kappa shape index (κ1) is 32.1. The minimum Gasteiger partial charge on any atom is -0.493 e. The SMILES string of the molecule is CCOC(=O)C1=C(C)N=c2s/c(=C/c3cc(I)cc(OC)c3OC)c(=O)n2[C@@H]1c1ccc(OCC(=O)OC)c(OCC)c1. The molecule has 0 amide bonds. The van der Waals surface area contributed by atoms with E-state index >= 15 is 0 Å². The molecule has 0 saturated carbocycles. The fraction of sp³-hybridized carbons (Fsp3) is 0.333. The van der Waals surface area contributed by atoms with Crippen LogP contribution in [0.3, 0.4) is 0 Å². The zero-order chi connectivity index (χ0) is 31.3. The summed E-state index contributed by atoms with van der Waals surface area (Å²) in [5, 5.41) is 0. The van der Waals surface area contributed by atoms with Crippen LogP contribution in [0, 0.1) is 3.57 Å². The largest absolute Gasteiger partial charge is 0.493 e. The summed E-state index contributed by atoms with van der Waals surface area (Å²) in [5.41, 5.74) is 1.51. The first-order valence-electron chi connectivity index (χ1n) is 13.2. The predicted octanol–water partition coefficient (Wildman–Crippen LogP) is 3.37. The van der Waals surface area contributed by atoms with Crippen LogP contribution in [0.1, 0.15) is 37.9 Å². The number of hydrogen-bond donors (Lipinski definition) is 0. The summed E-state index contributed by atoms with van der Waals surface area (Å²) >= 11 is 3.36. The van der Waals surface area contributed by atoms with E-state index in [0.717, 1.165) is 3.57 Å². The molecule has 1 aliphatic rings. The standard InChI is InChI=1S/C30H31IN2O9S/c1-7-40-21-12-17(9-10-20(21)42-15-24(34)38-5)26-25(29(36)41-8-2)16(3)32-30-33(26)28(35)23(43-30)13-18-11-19(31)14-22(37-4)27(18)39-6/h9-14,26H,7-8,15H2,1-6H3/b23-13+/t26-/m1/s1. The topological polar surface area (TPSA) is 124 Å². The van der Waals surface area contributed by atoms with Gasteiger partial charge in [0.25, 0.3) is 5.56 Å². The van der Waals surface area contributed by atoms with E-state index in [9.17, 15) is 14.4 Å². The third kappa shape index (κ3) is 6.72. The molecule has 4 rings (SSSR count). The number of rotatable bonds is 11. The van der Waals surface area contributed by atoms with Crippen LogP contribution < -0.4 is 33.8 Å². The van der Waals surface area contributed by atoms with E-state index in [1.165, 1.54) is 30.1 Å². The Morgan fingerprint density at radius 2 is 1.79 bits per heavy atom. The highest BCUT2D eigenvalue weighted by Crippen LogP contribution is 2.37. The number of methoxy groups -OCH3 is 3. The van der Waals surface area contributed by atoms with Gasteiger partial charge in [-0.05, 0) is 79.3 Å². The molecule has 0 spiro atoms. The van der Waals surface area contributed by atoms with Crippen LogP contribution in [0.25, 0.3) is 6.08 Å². The van der Waals surface area contributed by atoms with Crippen LogP contribution in [0.4, 0.5) is 0 Å². The van der Waals surface area contributed by atoms with E-state index in [1.54, 1.807) is 45.2 Å². The molecule has 1 atom stereocenters. The van der Waals surface area contributed by atoms with Crippen molar-refractivity contribution in [3.05, 3.63) is 76.0 Å². The van der Waals surface area contributed by atoms with Gasteiger partial charge in [-0.1, -0.05) is 17.4 Å². The molecule has 1 aliphatic heterocycles. The maximum atomic E-state index is 14.1. The molecular formula is C30H31IN2O9S. The normalized spacial score (nSPS) is 14.5. The number of aromatic nitrogens is 1. The molecule has 0 N–H and O–H groups in total. The smallest absolute Gasteiger partial charge is 0.343 e. The Kier molecular flexibility index (Phi) is 10.5. The van der Waals surface area contributed by atoms with Crippen molar-refractivity contribution in [2.24, 2.45) is 4.99 Å². The molecule has 2 aromatic carbocycles. The molecule has 0 saturated heterocycles. The predicted molar refractivity (Wildman–Crippen MR) is 168 cm³/mol. The van der Waals surface area contributed by atoms with Gasteiger partial charge in [0.2, 0.25) is 0 Å². The van der Waals surface area contributed by atoms with E-state index < -0.39 is 18.0 Å². The fourth-order valence-corrected chi connectivity index (χ4v) is 6.25. The molecule has 2 heterocycles. The van der Waals surface area contributed by atoms with Crippen molar-refractivity contribution >= 4 is 51.9 Å². The number of esters is 2. The first-order valence-corrected chi connectivity index (χ1v) is 15.1. The van der Waals surface area contributed by atoms with Gasteiger partial charge in [-0.3, -0.25) is 9.36 Å². The molecule has 0 aliphatic carbocycles. The number of thiazole rings is 1. The zero-order valence-corrected chi connectivity index (χ0v) is 27.5. The molecule has 0 unspecified atom stereocenters. The Labute approximate surface area is 265 Å². The van der Waals surface area contributed by atoms with Gasteiger partial charge >= 0.3 is 11.9 Å². The quantitative estimate of drug-likeness (QED) is 0.217. The molecule has 3 aromatic rings. The van der Waals surface area contributed by atoms with Gasteiger partial charge in [-0.2, -0.15) is 0 Å². The van der Waals surface area contributed by atoms with Crippen LogP contribution in [0.5, 0.6) is 23.0 Å². The minimum absolute atomic E-state index is 0.144. The number of nitrogens with zero attached hydrogens (tertiary/aromatic N) is 2. The Bertz CT molecular complexity index is 1760. The monoisotopic (exact) mass is 722 g/mol. The van der Waals surface area contributed by atoms with E-state index in [0.29, 0.717) is 55.8 Å². The maximum absolute atomic E-state index is 14.1. The van der Waals surface area contributed by atoms with Gasteiger partial charge < -0.3 is 28.4 Å². The van der Waals surface area contributed by atoms with Crippen LogP contribution in [-0.4, -0.2) is 57.7 Å². The molecule has 43 heavy (non-hydrogen) atoms. The second-order valence-corrected chi connectivity index (χ2v) is 11.3. The van der Waals surface area contributed by atoms with E-state index in [2.05, 4.69) is 32.3 Å². The van der Waals surface area contributed by atoms with Crippen molar-refractivity contribution in [2.75, 3.05) is 41.2 Å².